The third kappa shape index (κ3) is 2.67. The van der Waals surface area contributed by atoms with Crippen molar-refractivity contribution in [3.05, 3.63) is 77.1 Å². The van der Waals surface area contributed by atoms with Crippen LogP contribution in [-0.2, 0) is 0 Å². The summed E-state index contributed by atoms with van der Waals surface area (Å²) in [5, 5.41) is 7.78. The van der Waals surface area contributed by atoms with Gasteiger partial charge in [-0.3, -0.25) is 0 Å². The summed E-state index contributed by atoms with van der Waals surface area (Å²) < 4.78 is 7.43. The number of aryl methyl sites for hydroxylation is 2. The molecule has 0 radical (unpaired) electrons. The highest BCUT2D eigenvalue weighted by Gasteiger charge is 2.25. The first-order valence-electron chi connectivity index (χ1n) is 8.26. The molecule has 1 aliphatic heterocycles. The highest BCUT2D eigenvalue weighted by molar-refractivity contribution is 5.77. The Labute approximate surface area is 147 Å². The van der Waals surface area contributed by atoms with E-state index in [1.807, 2.05) is 22.9 Å². The number of aromatic nitrogens is 3. The van der Waals surface area contributed by atoms with Gasteiger partial charge in [0.05, 0.1) is 7.11 Å². The summed E-state index contributed by atoms with van der Waals surface area (Å²) in [7, 11) is 1.69. The molecule has 1 aliphatic rings. The number of hydrogen-bond acceptors (Lipinski definition) is 4. The lowest BCUT2D eigenvalue weighted by Gasteiger charge is -2.25. The van der Waals surface area contributed by atoms with Gasteiger partial charge in [0.1, 0.15) is 18.1 Å². The zero-order valence-electron chi connectivity index (χ0n) is 14.5. The van der Waals surface area contributed by atoms with Crippen molar-refractivity contribution >= 4 is 11.6 Å². The van der Waals surface area contributed by atoms with Gasteiger partial charge in [0.2, 0.25) is 5.95 Å². The fourth-order valence-corrected chi connectivity index (χ4v) is 3.14. The van der Waals surface area contributed by atoms with Gasteiger partial charge in [-0.05, 0) is 48.7 Å². The van der Waals surface area contributed by atoms with E-state index >= 15 is 0 Å². The molecule has 5 nitrogen and oxygen atoms in total. The minimum absolute atomic E-state index is 0.0773. The van der Waals surface area contributed by atoms with Crippen molar-refractivity contribution in [3.8, 4) is 5.75 Å². The number of fused-ring (bicyclic) bond motifs is 1. The molecule has 1 atom stereocenters. The molecule has 1 N–H and O–H groups in total. The predicted molar refractivity (Wildman–Crippen MR) is 98.7 cm³/mol. The summed E-state index contributed by atoms with van der Waals surface area (Å²) in [4.78, 5) is 4.36. The first kappa shape index (κ1) is 15.4. The standard InChI is InChI=1S/C20H20N4O/c1-13-8-9-15(10-14(13)2)17-11-18(24-20(23-17)21-12-22-24)16-6-4-5-7-19(16)25-3/h4-12,18H,1-3H3,(H,21,22,23)/t18-/m0/s1. The lowest BCUT2D eigenvalue weighted by atomic mass is 9.99. The van der Waals surface area contributed by atoms with Crippen molar-refractivity contribution in [1.82, 2.24) is 14.8 Å². The largest absolute Gasteiger partial charge is 0.496 e. The van der Waals surface area contributed by atoms with Gasteiger partial charge in [0, 0.05) is 11.3 Å². The number of para-hydroxylation sites is 1. The van der Waals surface area contributed by atoms with Crippen molar-refractivity contribution in [3.63, 3.8) is 0 Å². The van der Waals surface area contributed by atoms with Crippen LogP contribution < -0.4 is 10.1 Å². The van der Waals surface area contributed by atoms with Crippen LogP contribution in [-0.4, -0.2) is 21.9 Å². The van der Waals surface area contributed by atoms with E-state index in [0.717, 1.165) is 28.5 Å². The lowest BCUT2D eigenvalue weighted by Crippen LogP contribution is -2.20. The maximum atomic E-state index is 5.55. The topological polar surface area (TPSA) is 52.0 Å². The average molecular weight is 332 g/mol. The summed E-state index contributed by atoms with van der Waals surface area (Å²) in [6.45, 7) is 4.25. The molecular formula is C20H20N4O. The summed E-state index contributed by atoms with van der Waals surface area (Å²) >= 11 is 0. The summed E-state index contributed by atoms with van der Waals surface area (Å²) in [5.41, 5.74) is 5.77. The van der Waals surface area contributed by atoms with Crippen LogP contribution in [0.1, 0.15) is 28.3 Å². The third-order valence-electron chi connectivity index (χ3n) is 4.68. The van der Waals surface area contributed by atoms with E-state index in [4.69, 9.17) is 4.74 Å². The van der Waals surface area contributed by atoms with Crippen LogP contribution in [0.4, 0.5) is 5.95 Å². The van der Waals surface area contributed by atoms with E-state index in [1.54, 1.807) is 13.4 Å². The highest BCUT2D eigenvalue weighted by atomic mass is 16.5. The minimum atomic E-state index is -0.0773. The number of rotatable bonds is 3. The van der Waals surface area contributed by atoms with Crippen molar-refractivity contribution < 1.29 is 4.74 Å². The third-order valence-corrected chi connectivity index (χ3v) is 4.68. The molecule has 4 rings (SSSR count). The summed E-state index contributed by atoms with van der Waals surface area (Å²) in [6.07, 6.45) is 3.74. The molecule has 126 valence electrons. The van der Waals surface area contributed by atoms with E-state index in [1.165, 1.54) is 11.1 Å². The highest BCUT2D eigenvalue weighted by Crippen LogP contribution is 2.36. The van der Waals surface area contributed by atoms with Gasteiger partial charge in [0.15, 0.2) is 0 Å². The number of benzene rings is 2. The van der Waals surface area contributed by atoms with E-state index in [-0.39, 0.29) is 6.04 Å². The molecule has 25 heavy (non-hydrogen) atoms. The molecular weight excluding hydrogens is 312 g/mol. The first-order valence-corrected chi connectivity index (χ1v) is 8.26. The number of ether oxygens (including phenoxy) is 1. The van der Waals surface area contributed by atoms with E-state index < -0.39 is 0 Å². The molecule has 5 heteroatoms. The second kappa shape index (κ2) is 6.09. The van der Waals surface area contributed by atoms with Gasteiger partial charge in [-0.25, -0.2) is 4.68 Å². The van der Waals surface area contributed by atoms with Crippen LogP contribution in [0.25, 0.3) is 5.70 Å². The lowest BCUT2D eigenvalue weighted by molar-refractivity contribution is 0.404. The molecule has 0 spiro atoms. The van der Waals surface area contributed by atoms with Crippen LogP contribution in [0.5, 0.6) is 5.75 Å². The molecule has 2 aromatic carbocycles. The van der Waals surface area contributed by atoms with E-state index in [9.17, 15) is 0 Å². The second-order valence-corrected chi connectivity index (χ2v) is 6.22. The number of nitrogens with one attached hydrogen (secondary N) is 1. The fourth-order valence-electron chi connectivity index (χ4n) is 3.14. The van der Waals surface area contributed by atoms with Gasteiger partial charge in [-0.1, -0.05) is 30.3 Å². The number of hydrogen-bond donors (Lipinski definition) is 1. The van der Waals surface area contributed by atoms with Gasteiger partial charge in [0.25, 0.3) is 0 Å². The van der Waals surface area contributed by atoms with Crippen molar-refractivity contribution in [2.45, 2.75) is 19.9 Å². The predicted octanol–water partition coefficient (Wildman–Crippen LogP) is 3.96. The van der Waals surface area contributed by atoms with Crippen LogP contribution in [0.2, 0.25) is 0 Å². The SMILES string of the molecule is COc1ccccc1[C@@H]1C=C(c2ccc(C)c(C)c2)Nc2ncnn21. The molecule has 0 unspecified atom stereocenters. The Morgan fingerprint density at radius 2 is 1.92 bits per heavy atom. The maximum absolute atomic E-state index is 5.55. The molecule has 0 bridgehead atoms. The van der Waals surface area contributed by atoms with Crippen molar-refractivity contribution in [1.29, 1.82) is 0 Å². The Hall–Kier alpha value is -3.08. The Balaban J connectivity index is 1.84. The fraction of sp³-hybridized carbons (Fsp3) is 0.200. The Morgan fingerprint density at radius 1 is 1.08 bits per heavy atom. The monoisotopic (exact) mass is 332 g/mol. The number of methoxy groups -OCH3 is 1. The average Bonchev–Trinajstić information content (AvgIpc) is 3.12. The molecule has 0 aliphatic carbocycles. The zero-order valence-corrected chi connectivity index (χ0v) is 14.5. The molecule has 0 saturated carbocycles. The number of allylic oxidation sites excluding steroid dienone is 1. The number of anilines is 1. The van der Waals surface area contributed by atoms with Gasteiger partial charge in [-0.15, -0.1) is 0 Å². The Kier molecular flexibility index (Phi) is 3.76. The Morgan fingerprint density at radius 3 is 2.72 bits per heavy atom. The smallest absolute Gasteiger partial charge is 0.226 e. The summed E-state index contributed by atoms with van der Waals surface area (Å²) in [6, 6.07) is 14.4. The Bertz CT molecular complexity index is 958. The van der Waals surface area contributed by atoms with E-state index in [2.05, 4.69) is 59.6 Å². The molecule has 0 amide bonds. The van der Waals surface area contributed by atoms with Crippen molar-refractivity contribution in [2.24, 2.45) is 0 Å². The van der Waals surface area contributed by atoms with Crippen molar-refractivity contribution in [2.75, 3.05) is 12.4 Å². The van der Waals surface area contributed by atoms with Crippen LogP contribution in [0, 0.1) is 13.8 Å². The van der Waals surface area contributed by atoms with Crippen LogP contribution in [0.15, 0.2) is 54.9 Å². The van der Waals surface area contributed by atoms with Gasteiger partial charge >= 0.3 is 0 Å². The van der Waals surface area contributed by atoms with Gasteiger partial charge < -0.3 is 10.1 Å². The van der Waals surface area contributed by atoms with Crippen LogP contribution in [0.3, 0.4) is 0 Å². The normalized spacial score (nSPS) is 16.0. The van der Waals surface area contributed by atoms with Crippen LogP contribution >= 0.6 is 0 Å². The second-order valence-electron chi connectivity index (χ2n) is 6.22. The maximum Gasteiger partial charge on any atom is 0.226 e. The molecule has 1 aromatic heterocycles. The van der Waals surface area contributed by atoms with E-state index in [0.29, 0.717) is 0 Å². The number of nitrogens with zero attached hydrogens (tertiary/aromatic N) is 3. The molecule has 3 aromatic rings. The first-order chi connectivity index (χ1) is 12.2. The molecule has 2 heterocycles. The van der Waals surface area contributed by atoms with Gasteiger partial charge in [-0.2, -0.15) is 10.1 Å². The quantitative estimate of drug-likeness (QED) is 0.789. The molecule has 0 saturated heterocycles. The minimum Gasteiger partial charge on any atom is -0.496 e. The summed E-state index contributed by atoms with van der Waals surface area (Å²) in [5.74, 6) is 1.57. The molecule has 0 fully saturated rings. The zero-order chi connectivity index (χ0) is 17.4.